The summed E-state index contributed by atoms with van der Waals surface area (Å²) in [7, 11) is 3.07. The molecule has 0 spiro atoms. The van der Waals surface area contributed by atoms with Gasteiger partial charge < -0.3 is 24.8 Å². The van der Waals surface area contributed by atoms with Crippen molar-refractivity contribution in [2.24, 2.45) is 11.8 Å². The van der Waals surface area contributed by atoms with Crippen molar-refractivity contribution in [3.8, 4) is 0 Å². The first kappa shape index (κ1) is 26.2. The monoisotopic (exact) mass is 402 g/mol. The minimum absolute atomic E-state index is 0.00703. The third-order valence-corrected chi connectivity index (χ3v) is 4.69. The van der Waals surface area contributed by atoms with E-state index < -0.39 is 35.9 Å². The first-order valence-corrected chi connectivity index (χ1v) is 9.75. The molecule has 0 fully saturated rings. The van der Waals surface area contributed by atoms with Gasteiger partial charge >= 0.3 is 12.1 Å². The van der Waals surface area contributed by atoms with Crippen LogP contribution in [0.1, 0.15) is 61.3 Å². The molecule has 4 atom stereocenters. The lowest BCUT2D eigenvalue weighted by Crippen LogP contribution is -2.57. The van der Waals surface area contributed by atoms with Crippen molar-refractivity contribution in [2.45, 2.75) is 85.1 Å². The SMILES string of the molecule is CC[C@H](C)C([C@H](CC(=O)O)OC)N(C)C(=O)[C@@H](NC(=O)OC(C)(C)C)C(C)C. The maximum atomic E-state index is 13.2. The molecule has 0 aliphatic carbocycles. The summed E-state index contributed by atoms with van der Waals surface area (Å²) in [5.41, 5.74) is -0.678. The summed E-state index contributed by atoms with van der Waals surface area (Å²) in [6.07, 6.45) is -0.791. The molecule has 0 radical (unpaired) electrons. The van der Waals surface area contributed by atoms with Crippen LogP contribution in [0, 0.1) is 11.8 Å². The molecule has 0 aromatic carbocycles. The van der Waals surface area contributed by atoms with Gasteiger partial charge in [0.2, 0.25) is 5.91 Å². The molecule has 2 N–H and O–H groups in total. The van der Waals surface area contributed by atoms with Gasteiger partial charge in [-0.3, -0.25) is 9.59 Å². The summed E-state index contributed by atoms with van der Waals surface area (Å²) in [6, 6.07) is -1.24. The lowest BCUT2D eigenvalue weighted by atomic mass is 9.90. The first-order chi connectivity index (χ1) is 12.7. The van der Waals surface area contributed by atoms with E-state index in [0.29, 0.717) is 0 Å². The van der Waals surface area contributed by atoms with Crippen LogP contribution in [0.4, 0.5) is 4.79 Å². The Balaban J connectivity index is 5.61. The van der Waals surface area contributed by atoms with E-state index in [1.807, 2.05) is 27.7 Å². The van der Waals surface area contributed by atoms with Crippen molar-refractivity contribution in [2.75, 3.05) is 14.2 Å². The Bertz CT molecular complexity index is 529. The van der Waals surface area contributed by atoms with E-state index in [9.17, 15) is 19.5 Å². The van der Waals surface area contributed by atoms with Crippen molar-refractivity contribution in [1.82, 2.24) is 10.2 Å². The number of nitrogens with one attached hydrogen (secondary N) is 1. The van der Waals surface area contributed by atoms with Crippen LogP contribution in [-0.2, 0) is 19.1 Å². The fourth-order valence-corrected chi connectivity index (χ4v) is 3.07. The molecular formula is C20H38N2O6. The number of alkyl carbamates (subject to hydrolysis) is 1. The second kappa shape index (κ2) is 11.2. The number of carboxylic acid groups (broad SMARTS) is 1. The van der Waals surface area contributed by atoms with E-state index >= 15 is 0 Å². The maximum absolute atomic E-state index is 13.2. The van der Waals surface area contributed by atoms with Crippen LogP contribution in [-0.4, -0.2) is 65.9 Å². The molecule has 2 amide bonds. The molecule has 0 aliphatic heterocycles. The number of hydrogen-bond donors (Lipinski definition) is 2. The van der Waals surface area contributed by atoms with Gasteiger partial charge in [0.05, 0.1) is 18.6 Å². The van der Waals surface area contributed by atoms with E-state index in [1.165, 1.54) is 12.0 Å². The molecule has 0 heterocycles. The molecule has 1 unspecified atom stereocenters. The number of likely N-dealkylation sites (N-methyl/N-ethyl adjacent to an activating group) is 1. The van der Waals surface area contributed by atoms with Crippen LogP contribution in [0.5, 0.6) is 0 Å². The molecule has 0 saturated carbocycles. The van der Waals surface area contributed by atoms with Gasteiger partial charge in [0.15, 0.2) is 0 Å². The highest BCUT2D eigenvalue weighted by Crippen LogP contribution is 2.23. The van der Waals surface area contributed by atoms with E-state index in [1.54, 1.807) is 27.8 Å². The lowest BCUT2D eigenvalue weighted by molar-refractivity contribution is -0.147. The molecule has 0 aromatic heterocycles. The van der Waals surface area contributed by atoms with Gasteiger partial charge in [-0.1, -0.05) is 34.1 Å². The Morgan fingerprint density at radius 3 is 2.04 bits per heavy atom. The Hall–Kier alpha value is -1.83. The number of carboxylic acids is 1. The van der Waals surface area contributed by atoms with Crippen molar-refractivity contribution in [1.29, 1.82) is 0 Å². The standard InChI is InChI=1S/C20H38N2O6/c1-10-13(4)17(14(27-9)11-15(23)24)22(8)18(25)16(12(2)3)21-19(26)28-20(5,6)7/h12-14,16-17H,10-11H2,1-9H3,(H,21,26)(H,23,24)/t13-,14-,16-,17?/m0/s1. The van der Waals surface area contributed by atoms with Crippen LogP contribution in [0.25, 0.3) is 0 Å². The summed E-state index contributed by atoms with van der Waals surface area (Å²) in [4.78, 5) is 38.1. The van der Waals surface area contributed by atoms with Gasteiger partial charge in [0, 0.05) is 14.2 Å². The zero-order chi connectivity index (χ0) is 22.2. The molecule has 28 heavy (non-hydrogen) atoms. The van der Waals surface area contributed by atoms with Crippen LogP contribution >= 0.6 is 0 Å². The molecule has 8 heteroatoms. The lowest BCUT2D eigenvalue weighted by Gasteiger charge is -2.39. The highest BCUT2D eigenvalue weighted by Gasteiger charge is 2.37. The second-order valence-corrected chi connectivity index (χ2v) is 8.57. The first-order valence-electron chi connectivity index (χ1n) is 9.75. The number of methoxy groups -OCH3 is 1. The topological polar surface area (TPSA) is 105 Å². The van der Waals surface area contributed by atoms with Gasteiger partial charge in [-0.05, 0) is 32.6 Å². The van der Waals surface area contributed by atoms with Gasteiger partial charge in [-0.15, -0.1) is 0 Å². The molecule has 0 bridgehead atoms. The quantitative estimate of drug-likeness (QED) is 0.582. The number of hydrogen-bond acceptors (Lipinski definition) is 5. The molecule has 0 aromatic rings. The molecule has 0 aliphatic rings. The minimum atomic E-state index is -0.992. The predicted molar refractivity (Wildman–Crippen MR) is 107 cm³/mol. The number of rotatable bonds is 10. The van der Waals surface area contributed by atoms with E-state index in [0.717, 1.165) is 6.42 Å². The molecule has 8 nitrogen and oxygen atoms in total. The van der Waals surface area contributed by atoms with Crippen LogP contribution in [0.2, 0.25) is 0 Å². The Labute approximate surface area is 168 Å². The third-order valence-electron chi connectivity index (χ3n) is 4.69. The number of nitrogens with zero attached hydrogens (tertiary/aromatic N) is 1. The predicted octanol–water partition coefficient (Wildman–Crippen LogP) is 2.90. The van der Waals surface area contributed by atoms with E-state index in [4.69, 9.17) is 9.47 Å². The Morgan fingerprint density at radius 1 is 1.14 bits per heavy atom. The van der Waals surface area contributed by atoms with Crippen LogP contribution in [0.3, 0.4) is 0 Å². The zero-order valence-corrected chi connectivity index (χ0v) is 18.7. The number of carbonyl (C=O) groups is 3. The summed E-state index contributed by atoms with van der Waals surface area (Å²) < 4.78 is 10.7. The highest BCUT2D eigenvalue weighted by molar-refractivity contribution is 5.86. The van der Waals surface area contributed by atoms with E-state index in [-0.39, 0.29) is 24.2 Å². The number of amides is 2. The van der Waals surface area contributed by atoms with Gasteiger partial charge in [0.1, 0.15) is 11.6 Å². The summed E-state index contributed by atoms with van der Waals surface area (Å²) in [5, 5.41) is 11.9. The average molecular weight is 403 g/mol. The second-order valence-electron chi connectivity index (χ2n) is 8.57. The summed E-state index contributed by atoms with van der Waals surface area (Å²) in [6.45, 7) is 12.8. The normalized spacial score (nSPS) is 16.1. The van der Waals surface area contributed by atoms with Gasteiger partial charge in [-0.2, -0.15) is 0 Å². The van der Waals surface area contributed by atoms with Gasteiger partial charge in [0.25, 0.3) is 0 Å². The Kier molecular flexibility index (Phi) is 10.5. The molecule has 0 rings (SSSR count). The van der Waals surface area contributed by atoms with Crippen molar-refractivity contribution < 1.29 is 29.0 Å². The summed E-state index contributed by atoms with van der Waals surface area (Å²) >= 11 is 0. The average Bonchev–Trinajstić information content (AvgIpc) is 2.55. The number of carbonyl (C=O) groups excluding carboxylic acids is 2. The fraction of sp³-hybridized carbons (Fsp3) is 0.850. The number of ether oxygens (including phenoxy) is 2. The smallest absolute Gasteiger partial charge is 0.408 e. The third kappa shape index (κ3) is 8.46. The fourth-order valence-electron chi connectivity index (χ4n) is 3.07. The van der Waals surface area contributed by atoms with Crippen molar-refractivity contribution >= 4 is 18.0 Å². The minimum Gasteiger partial charge on any atom is -0.481 e. The van der Waals surface area contributed by atoms with Gasteiger partial charge in [-0.25, -0.2) is 4.79 Å². The van der Waals surface area contributed by atoms with Crippen molar-refractivity contribution in [3.63, 3.8) is 0 Å². The Morgan fingerprint density at radius 2 is 1.68 bits per heavy atom. The zero-order valence-electron chi connectivity index (χ0n) is 18.7. The van der Waals surface area contributed by atoms with E-state index in [2.05, 4.69) is 5.32 Å². The van der Waals surface area contributed by atoms with Crippen LogP contribution < -0.4 is 5.32 Å². The van der Waals surface area contributed by atoms with Crippen LogP contribution in [0.15, 0.2) is 0 Å². The largest absolute Gasteiger partial charge is 0.481 e. The number of aliphatic carboxylic acids is 1. The maximum Gasteiger partial charge on any atom is 0.408 e. The molecular weight excluding hydrogens is 364 g/mol. The highest BCUT2D eigenvalue weighted by atomic mass is 16.6. The van der Waals surface area contributed by atoms with Crippen molar-refractivity contribution in [3.05, 3.63) is 0 Å². The molecule has 164 valence electrons. The summed E-state index contributed by atoms with van der Waals surface area (Å²) in [5.74, 6) is -1.47. The molecule has 0 saturated heterocycles.